The first kappa shape index (κ1) is 18.7. The molecule has 8 nitrogen and oxygen atoms in total. The van der Waals surface area contributed by atoms with Crippen LogP contribution in [-0.2, 0) is 17.8 Å². The molecule has 2 N–H and O–H groups in total. The molecule has 0 atom stereocenters. The number of H-pyrrole nitrogens is 1. The zero-order chi connectivity index (χ0) is 19.4. The summed E-state index contributed by atoms with van der Waals surface area (Å²) < 4.78 is 11.8. The molecule has 3 aromatic rings. The Balaban J connectivity index is 1.62. The van der Waals surface area contributed by atoms with Gasteiger partial charge in [0.15, 0.2) is 11.5 Å². The SMILES string of the molecule is COc1ccc(CCNC(=O)Cn2c(=O)[nH]c3ccsc3c2=O)cc1OC. The van der Waals surface area contributed by atoms with Gasteiger partial charge in [-0.3, -0.25) is 9.59 Å². The number of ether oxygens (including phenoxy) is 2. The van der Waals surface area contributed by atoms with Crippen LogP contribution in [0.2, 0.25) is 0 Å². The van der Waals surface area contributed by atoms with Gasteiger partial charge in [0.1, 0.15) is 11.2 Å². The maximum Gasteiger partial charge on any atom is 0.329 e. The molecule has 27 heavy (non-hydrogen) atoms. The van der Waals surface area contributed by atoms with E-state index in [4.69, 9.17) is 9.47 Å². The van der Waals surface area contributed by atoms with E-state index in [-0.39, 0.29) is 6.54 Å². The monoisotopic (exact) mass is 389 g/mol. The highest BCUT2D eigenvalue weighted by Crippen LogP contribution is 2.27. The van der Waals surface area contributed by atoms with Crippen LogP contribution in [0.15, 0.2) is 39.2 Å². The lowest BCUT2D eigenvalue weighted by molar-refractivity contribution is -0.121. The maximum absolute atomic E-state index is 12.3. The Morgan fingerprint density at radius 2 is 1.96 bits per heavy atom. The van der Waals surface area contributed by atoms with Gasteiger partial charge in [0, 0.05) is 6.54 Å². The first-order valence-corrected chi connectivity index (χ1v) is 9.09. The summed E-state index contributed by atoms with van der Waals surface area (Å²) in [6.07, 6.45) is 0.571. The minimum atomic E-state index is -0.596. The van der Waals surface area contributed by atoms with Crippen LogP contribution in [0.1, 0.15) is 5.56 Å². The predicted octanol–water partition coefficient (Wildman–Crippen LogP) is 1.13. The standard InChI is InChI=1S/C18H19N3O5S/c1-25-13-4-3-11(9-14(13)26-2)5-7-19-15(22)10-21-17(23)16-12(6-8-27-16)20-18(21)24/h3-4,6,8-9H,5,7,10H2,1-2H3,(H,19,22)(H,20,24). The molecule has 1 amide bonds. The highest BCUT2D eigenvalue weighted by atomic mass is 32.1. The van der Waals surface area contributed by atoms with Gasteiger partial charge in [-0.25, -0.2) is 9.36 Å². The maximum atomic E-state index is 12.3. The fraction of sp³-hybridized carbons (Fsp3) is 0.278. The Morgan fingerprint density at radius 3 is 2.70 bits per heavy atom. The van der Waals surface area contributed by atoms with Crippen LogP contribution in [0, 0.1) is 0 Å². The third-order valence-electron chi connectivity index (χ3n) is 4.08. The third kappa shape index (κ3) is 4.03. The summed E-state index contributed by atoms with van der Waals surface area (Å²) in [6, 6.07) is 7.18. The summed E-state index contributed by atoms with van der Waals surface area (Å²) in [4.78, 5) is 39.1. The number of thiophene rings is 1. The topological polar surface area (TPSA) is 102 Å². The predicted molar refractivity (Wildman–Crippen MR) is 103 cm³/mol. The first-order valence-electron chi connectivity index (χ1n) is 8.21. The lowest BCUT2D eigenvalue weighted by Crippen LogP contribution is -2.40. The van der Waals surface area contributed by atoms with Crippen molar-refractivity contribution in [2.45, 2.75) is 13.0 Å². The van der Waals surface area contributed by atoms with E-state index in [1.807, 2.05) is 12.1 Å². The lowest BCUT2D eigenvalue weighted by atomic mass is 10.1. The van der Waals surface area contributed by atoms with Crippen LogP contribution in [0.25, 0.3) is 10.2 Å². The Kier molecular flexibility index (Phi) is 5.60. The molecule has 0 aliphatic rings. The summed E-state index contributed by atoms with van der Waals surface area (Å²) in [5.74, 6) is 0.843. The van der Waals surface area contributed by atoms with Crippen LogP contribution in [0.4, 0.5) is 0 Å². The van der Waals surface area contributed by atoms with Gasteiger partial charge >= 0.3 is 5.69 Å². The molecule has 0 aliphatic heterocycles. The molecule has 142 valence electrons. The van der Waals surface area contributed by atoms with Gasteiger partial charge in [0.2, 0.25) is 5.91 Å². The van der Waals surface area contributed by atoms with Crippen molar-refractivity contribution in [1.29, 1.82) is 0 Å². The van der Waals surface area contributed by atoms with E-state index < -0.39 is 17.2 Å². The fourth-order valence-corrected chi connectivity index (χ4v) is 3.49. The van der Waals surface area contributed by atoms with Gasteiger partial charge in [-0.05, 0) is 35.6 Å². The molecule has 0 spiro atoms. The Hall–Kier alpha value is -3.07. The minimum absolute atomic E-state index is 0.325. The molecule has 2 heterocycles. The zero-order valence-electron chi connectivity index (χ0n) is 14.9. The number of amides is 1. The summed E-state index contributed by atoms with van der Waals surface area (Å²) in [6.45, 7) is 0.0379. The van der Waals surface area contributed by atoms with Crippen molar-refractivity contribution in [3.05, 3.63) is 56.0 Å². The van der Waals surface area contributed by atoms with Crippen molar-refractivity contribution < 1.29 is 14.3 Å². The molecule has 0 aliphatic carbocycles. The Bertz CT molecular complexity index is 1080. The number of carbonyl (C=O) groups excluding carboxylic acids is 1. The Morgan fingerprint density at radius 1 is 1.19 bits per heavy atom. The van der Waals surface area contributed by atoms with Gasteiger partial charge in [0.05, 0.1) is 19.7 Å². The number of aromatic nitrogens is 2. The molecule has 3 rings (SSSR count). The number of benzene rings is 1. The smallest absolute Gasteiger partial charge is 0.329 e. The van der Waals surface area contributed by atoms with Gasteiger partial charge in [0.25, 0.3) is 5.56 Å². The number of rotatable bonds is 7. The Labute approximate surface area is 158 Å². The molecule has 9 heteroatoms. The van der Waals surface area contributed by atoms with Gasteiger partial charge in [-0.1, -0.05) is 6.07 Å². The molecule has 0 bridgehead atoms. The van der Waals surface area contributed by atoms with Crippen molar-refractivity contribution in [2.75, 3.05) is 20.8 Å². The zero-order valence-corrected chi connectivity index (χ0v) is 15.7. The second-order valence-electron chi connectivity index (χ2n) is 5.77. The normalized spacial score (nSPS) is 10.7. The van der Waals surface area contributed by atoms with E-state index >= 15 is 0 Å². The average molecular weight is 389 g/mol. The average Bonchev–Trinajstić information content (AvgIpc) is 3.13. The summed E-state index contributed by atoms with van der Waals surface area (Å²) in [5, 5.41) is 4.44. The van der Waals surface area contributed by atoms with E-state index in [9.17, 15) is 14.4 Å². The van der Waals surface area contributed by atoms with Crippen LogP contribution in [0.3, 0.4) is 0 Å². The number of methoxy groups -OCH3 is 2. The number of nitrogens with one attached hydrogen (secondary N) is 2. The van der Waals surface area contributed by atoms with E-state index in [1.165, 1.54) is 11.3 Å². The lowest BCUT2D eigenvalue weighted by Gasteiger charge is -2.10. The minimum Gasteiger partial charge on any atom is -0.493 e. The number of hydrogen-bond acceptors (Lipinski definition) is 6. The van der Waals surface area contributed by atoms with Crippen molar-refractivity contribution in [3.8, 4) is 11.5 Å². The van der Waals surface area contributed by atoms with E-state index in [0.717, 1.165) is 10.1 Å². The van der Waals surface area contributed by atoms with Crippen molar-refractivity contribution >= 4 is 27.5 Å². The van der Waals surface area contributed by atoms with Crippen LogP contribution in [0.5, 0.6) is 11.5 Å². The van der Waals surface area contributed by atoms with E-state index in [0.29, 0.717) is 34.7 Å². The quantitative estimate of drug-likeness (QED) is 0.631. The van der Waals surface area contributed by atoms with Gasteiger partial charge in [-0.15, -0.1) is 11.3 Å². The molecule has 0 saturated heterocycles. The van der Waals surface area contributed by atoms with Crippen molar-refractivity contribution in [3.63, 3.8) is 0 Å². The fourth-order valence-electron chi connectivity index (χ4n) is 2.70. The highest BCUT2D eigenvalue weighted by Gasteiger charge is 2.12. The van der Waals surface area contributed by atoms with Crippen molar-refractivity contribution in [2.24, 2.45) is 0 Å². The number of hydrogen-bond donors (Lipinski definition) is 2. The number of aromatic amines is 1. The van der Waals surface area contributed by atoms with Gasteiger partial charge in [-0.2, -0.15) is 0 Å². The number of carbonyl (C=O) groups is 1. The molecular formula is C18H19N3O5S. The second kappa shape index (κ2) is 8.09. The summed E-state index contributed by atoms with van der Waals surface area (Å²) in [7, 11) is 3.12. The van der Waals surface area contributed by atoms with Crippen molar-refractivity contribution in [1.82, 2.24) is 14.9 Å². The molecule has 0 fully saturated rings. The van der Waals surface area contributed by atoms with Crippen LogP contribution >= 0.6 is 11.3 Å². The van der Waals surface area contributed by atoms with Gasteiger partial charge < -0.3 is 19.8 Å². The molecule has 0 saturated carbocycles. The molecule has 2 aromatic heterocycles. The van der Waals surface area contributed by atoms with E-state index in [2.05, 4.69) is 10.3 Å². The molecular weight excluding hydrogens is 370 g/mol. The molecule has 1 aromatic carbocycles. The number of nitrogens with zero attached hydrogens (tertiary/aromatic N) is 1. The molecule has 0 unspecified atom stereocenters. The second-order valence-corrected chi connectivity index (χ2v) is 6.69. The summed E-state index contributed by atoms with van der Waals surface area (Å²) in [5.41, 5.74) is 0.391. The molecule has 0 radical (unpaired) electrons. The third-order valence-corrected chi connectivity index (χ3v) is 4.98. The highest BCUT2D eigenvalue weighted by molar-refractivity contribution is 7.17. The number of fused-ring (bicyclic) bond motifs is 1. The summed E-state index contributed by atoms with van der Waals surface area (Å²) >= 11 is 1.23. The van der Waals surface area contributed by atoms with Crippen LogP contribution in [-0.4, -0.2) is 36.2 Å². The van der Waals surface area contributed by atoms with E-state index in [1.54, 1.807) is 31.7 Å². The first-order chi connectivity index (χ1) is 13.0. The largest absolute Gasteiger partial charge is 0.493 e. The van der Waals surface area contributed by atoms with Crippen LogP contribution < -0.4 is 26.0 Å².